The number of nitrogens with one attached hydrogen (secondary N) is 1. The molecule has 0 aromatic heterocycles. The zero-order valence-electron chi connectivity index (χ0n) is 13.4. The van der Waals surface area contributed by atoms with Gasteiger partial charge in [-0.2, -0.15) is 0 Å². The van der Waals surface area contributed by atoms with Crippen molar-refractivity contribution in [2.75, 3.05) is 6.54 Å². The summed E-state index contributed by atoms with van der Waals surface area (Å²) in [6.07, 6.45) is 7.03. The molecule has 0 heterocycles. The summed E-state index contributed by atoms with van der Waals surface area (Å²) in [5, 5.41) is 30.4. The number of carbonyl (C=O) groups excluding carboxylic acids is 1. The van der Waals surface area contributed by atoms with Crippen LogP contribution in [0.4, 0.5) is 0 Å². The third kappa shape index (κ3) is 5.30. The minimum absolute atomic E-state index is 0.200. The molecular weight excluding hydrogens is 310 g/mol. The summed E-state index contributed by atoms with van der Waals surface area (Å²) >= 11 is 0. The van der Waals surface area contributed by atoms with E-state index in [4.69, 9.17) is 5.11 Å². The van der Waals surface area contributed by atoms with Crippen molar-refractivity contribution in [2.24, 2.45) is 11.8 Å². The number of aromatic hydroxyl groups is 2. The summed E-state index contributed by atoms with van der Waals surface area (Å²) in [6.45, 7) is 0.562. The fourth-order valence-corrected chi connectivity index (χ4v) is 2.97. The van der Waals surface area contributed by atoms with Crippen molar-refractivity contribution in [1.29, 1.82) is 0 Å². The number of hydrogen-bond donors (Lipinski definition) is 4. The second-order valence-electron chi connectivity index (χ2n) is 6.22. The number of phenols is 2. The van der Waals surface area contributed by atoms with Crippen LogP contribution < -0.4 is 5.32 Å². The predicted octanol–water partition coefficient (Wildman–Crippen LogP) is 2.51. The Kier molecular flexibility index (Phi) is 6.23. The number of amides is 1. The molecule has 0 unspecified atom stereocenters. The largest absolute Gasteiger partial charge is 0.504 e. The monoisotopic (exact) mass is 333 g/mol. The van der Waals surface area contributed by atoms with Gasteiger partial charge in [-0.1, -0.05) is 6.07 Å². The third-order valence-corrected chi connectivity index (χ3v) is 4.47. The fourth-order valence-electron chi connectivity index (χ4n) is 2.97. The van der Waals surface area contributed by atoms with Gasteiger partial charge in [-0.05, 0) is 61.8 Å². The first-order chi connectivity index (χ1) is 11.5. The van der Waals surface area contributed by atoms with Gasteiger partial charge in [-0.3, -0.25) is 9.59 Å². The Morgan fingerprint density at radius 1 is 1.12 bits per heavy atom. The van der Waals surface area contributed by atoms with Gasteiger partial charge >= 0.3 is 5.97 Å². The number of rotatable bonds is 6. The molecule has 4 N–H and O–H groups in total. The molecule has 0 spiro atoms. The normalized spacial score (nSPS) is 20.8. The molecule has 0 saturated heterocycles. The van der Waals surface area contributed by atoms with Crippen LogP contribution >= 0.6 is 0 Å². The number of hydrogen-bond acceptors (Lipinski definition) is 4. The summed E-state index contributed by atoms with van der Waals surface area (Å²) in [7, 11) is 0. The van der Waals surface area contributed by atoms with Crippen LogP contribution in [0.15, 0.2) is 24.3 Å². The molecule has 1 aliphatic rings. The maximum atomic E-state index is 11.8. The van der Waals surface area contributed by atoms with Crippen molar-refractivity contribution >= 4 is 18.0 Å². The second-order valence-corrected chi connectivity index (χ2v) is 6.22. The van der Waals surface area contributed by atoms with Crippen LogP contribution in [0.3, 0.4) is 0 Å². The molecule has 130 valence electrons. The molecule has 1 saturated carbocycles. The lowest BCUT2D eigenvalue weighted by Gasteiger charge is -2.25. The number of benzene rings is 1. The SMILES string of the molecule is O=C(/C=C/c1ccc(O)c(O)c1)NCCC1CCC(C(=O)O)CC1. The van der Waals surface area contributed by atoms with Gasteiger partial charge in [0.1, 0.15) is 0 Å². The molecular formula is C18H23NO5. The number of carbonyl (C=O) groups is 2. The van der Waals surface area contributed by atoms with Gasteiger partial charge < -0.3 is 20.6 Å². The van der Waals surface area contributed by atoms with Crippen molar-refractivity contribution < 1.29 is 24.9 Å². The van der Waals surface area contributed by atoms with Crippen LogP contribution in [0.1, 0.15) is 37.7 Å². The fraction of sp³-hybridized carbons (Fsp3) is 0.444. The molecule has 1 fully saturated rings. The molecule has 1 amide bonds. The zero-order valence-corrected chi connectivity index (χ0v) is 13.4. The lowest BCUT2D eigenvalue weighted by Crippen LogP contribution is -2.26. The van der Waals surface area contributed by atoms with Gasteiger partial charge in [0.05, 0.1) is 5.92 Å². The molecule has 0 radical (unpaired) electrons. The maximum Gasteiger partial charge on any atom is 0.306 e. The Balaban J connectivity index is 1.69. The Morgan fingerprint density at radius 2 is 1.83 bits per heavy atom. The molecule has 0 atom stereocenters. The van der Waals surface area contributed by atoms with Gasteiger partial charge in [0.25, 0.3) is 0 Å². The Morgan fingerprint density at radius 3 is 2.46 bits per heavy atom. The van der Waals surface area contributed by atoms with E-state index in [0.29, 0.717) is 18.0 Å². The Hall–Kier alpha value is -2.50. The standard InChI is InChI=1S/C18H23NO5/c20-15-7-3-13(11-16(15)21)4-8-17(22)19-10-9-12-1-5-14(6-2-12)18(23)24/h3-4,7-8,11-12,14,20-21H,1-2,5-6,9-10H2,(H,19,22)(H,23,24)/b8-4+. The highest BCUT2D eigenvalue weighted by Gasteiger charge is 2.25. The minimum Gasteiger partial charge on any atom is -0.504 e. The molecule has 0 bridgehead atoms. The second kappa shape index (κ2) is 8.38. The van der Waals surface area contributed by atoms with E-state index < -0.39 is 5.97 Å². The van der Waals surface area contributed by atoms with Crippen LogP contribution in [0, 0.1) is 11.8 Å². The first-order valence-electron chi connectivity index (χ1n) is 8.16. The molecule has 0 aliphatic heterocycles. The summed E-state index contributed by atoms with van der Waals surface area (Å²) < 4.78 is 0. The van der Waals surface area contributed by atoms with Gasteiger partial charge in [-0.15, -0.1) is 0 Å². The topological polar surface area (TPSA) is 107 Å². The van der Waals surface area contributed by atoms with E-state index in [1.807, 2.05) is 0 Å². The molecule has 1 aromatic rings. The van der Waals surface area contributed by atoms with E-state index in [1.54, 1.807) is 12.1 Å². The van der Waals surface area contributed by atoms with E-state index in [2.05, 4.69) is 5.32 Å². The first-order valence-corrected chi connectivity index (χ1v) is 8.16. The molecule has 6 nitrogen and oxygen atoms in total. The van der Waals surface area contributed by atoms with Crippen molar-refractivity contribution in [1.82, 2.24) is 5.32 Å². The average Bonchev–Trinajstić information content (AvgIpc) is 2.56. The molecule has 6 heteroatoms. The van der Waals surface area contributed by atoms with E-state index in [1.165, 1.54) is 18.2 Å². The van der Waals surface area contributed by atoms with Crippen LogP contribution in [0.5, 0.6) is 11.5 Å². The number of phenolic OH excluding ortho intramolecular Hbond substituents is 2. The zero-order chi connectivity index (χ0) is 17.5. The molecule has 1 aromatic carbocycles. The minimum atomic E-state index is -0.702. The summed E-state index contributed by atoms with van der Waals surface area (Å²) in [5.74, 6) is -1.09. The van der Waals surface area contributed by atoms with Crippen molar-refractivity contribution in [3.63, 3.8) is 0 Å². The smallest absolute Gasteiger partial charge is 0.306 e. The number of carboxylic acid groups (broad SMARTS) is 1. The van der Waals surface area contributed by atoms with Gasteiger partial charge in [0, 0.05) is 12.6 Å². The highest BCUT2D eigenvalue weighted by Crippen LogP contribution is 2.30. The summed E-state index contributed by atoms with van der Waals surface area (Å²) in [5.41, 5.74) is 0.618. The van der Waals surface area contributed by atoms with Gasteiger partial charge in [0.15, 0.2) is 11.5 Å². The molecule has 24 heavy (non-hydrogen) atoms. The molecule has 1 aliphatic carbocycles. The first kappa shape index (κ1) is 17.8. The Bertz CT molecular complexity index is 618. The van der Waals surface area contributed by atoms with Crippen LogP contribution in [-0.2, 0) is 9.59 Å². The lowest BCUT2D eigenvalue weighted by molar-refractivity contribution is -0.143. The third-order valence-electron chi connectivity index (χ3n) is 4.47. The van der Waals surface area contributed by atoms with Gasteiger partial charge in [-0.25, -0.2) is 0 Å². The van der Waals surface area contributed by atoms with E-state index in [9.17, 15) is 19.8 Å². The van der Waals surface area contributed by atoms with E-state index in [-0.39, 0.29) is 23.3 Å². The van der Waals surface area contributed by atoms with Crippen LogP contribution in [-0.4, -0.2) is 33.7 Å². The highest BCUT2D eigenvalue weighted by molar-refractivity contribution is 5.91. The quantitative estimate of drug-likeness (QED) is 0.473. The summed E-state index contributed by atoms with van der Waals surface area (Å²) in [6, 6.07) is 4.33. The number of carboxylic acids is 1. The van der Waals surface area contributed by atoms with E-state index >= 15 is 0 Å². The van der Waals surface area contributed by atoms with E-state index in [0.717, 1.165) is 32.1 Å². The molecule has 2 rings (SSSR count). The Labute approximate surface area is 140 Å². The van der Waals surface area contributed by atoms with Crippen LogP contribution in [0.25, 0.3) is 6.08 Å². The number of aliphatic carboxylic acids is 1. The highest BCUT2D eigenvalue weighted by atomic mass is 16.4. The lowest BCUT2D eigenvalue weighted by atomic mass is 9.80. The average molecular weight is 333 g/mol. The van der Waals surface area contributed by atoms with Crippen molar-refractivity contribution in [3.05, 3.63) is 29.8 Å². The van der Waals surface area contributed by atoms with Gasteiger partial charge in [0.2, 0.25) is 5.91 Å². The maximum absolute atomic E-state index is 11.8. The van der Waals surface area contributed by atoms with Crippen molar-refractivity contribution in [3.8, 4) is 11.5 Å². The van der Waals surface area contributed by atoms with Crippen LogP contribution in [0.2, 0.25) is 0 Å². The predicted molar refractivity (Wildman–Crippen MR) is 89.5 cm³/mol. The van der Waals surface area contributed by atoms with Crippen molar-refractivity contribution in [2.45, 2.75) is 32.1 Å². The summed E-state index contributed by atoms with van der Waals surface area (Å²) in [4.78, 5) is 22.7.